The molecule has 108 valence electrons. The van der Waals surface area contributed by atoms with Gasteiger partial charge >= 0.3 is 0 Å². The van der Waals surface area contributed by atoms with Gasteiger partial charge in [0.15, 0.2) is 0 Å². The van der Waals surface area contributed by atoms with Crippen molar-refractivity contribution in [1.82, 2.24) is 5.32 Å². The molecule has 0 saturated heterocycles. The Hall–Kier alpha value is -1.80. The Kier molecular flexibility index (Phi) is 4.26. The summed E-state index contributed by atoms with van der Waals surface area (Å²) in [5.41, 5.74) is 2.56. The molecule has 1 amide bonds. The van der Waals surface area contributed by atoms with Crippen LogP contribution in [-0.2, 0) is 4.79 Å². The van der Waals surface area contributed by atoms with Gasteiger partial charge in [0.2, 0.25) is 5.91 Å². The number of nitrogens with one attached hydrogen (secondary N) is 1. The van der Waals surface area contributed by atoms with Crippen LogP contribution in [0.3, 0.4) is 0 Å². The Labute approximate surface area is 130 Å². The van der Waals surface area contributed by atoms with Gasteiger partial charge in [0.1, 0.15) is 0 Å². The molecular weight excluding hydrogens is 282 g/mol. The number of rotatable bonds is 5. The first-order valence-electron chi connectivity index (χ1n) is 7.26. The molecule has 1 fully saturated rings. The summed E-state index contributed by atoms with van der Waals surface area (Å²) in [6, 6.07) is 20.9. The molecule has 1 N–H and O–H groups in total. The highest BCUT2D eigenvalue weighted by molar-refractivity contribution is 6.18. The van der Waals surface area contributed by atoms with Crippen molar-refractivity contribution in [3.8, 4) is 0 Å². The summed E-state index contributed by atoms with van der Waals surface area (Å²) in [4.78, 5) is 11.9. The number of hydrogen-bond donors (Lipinski definition) is 1. The molecule has 0 aliphatic heterocycles. The molecule has 21 heavy (non-hydrogen) atoms. The monoisotopic (exact) mass is 299 g/mol. The Morgan fingerprint density at radius 2 is 1.38 bits per heavy atom. The van der Waals surface area contributed by atoms with Gasteiger partial charge in [-0.15, -0.1) is 11.6 Å². The molecule has 0 heterocycles. The van der Waals surface area contributed by atoms with Gasteiger partial charge in [-0.25, -0.2) is 0 Å². The molecule has 3 rings (SSSR count). The van der Waals surface area contributed by atoms with Crippen LogP contribution in [0.15, 0.2) is 60.7 Å². The molecule has 2 aromatic rings. The lowest BCUT2D eigenvalue weighted by Crippen LogP contribution is -2.27. The van der Waals surface area contributed by atoms with Gasteiger partial charge in [-0.1, -0.05) is 60.7 Å². The van der Waals surface area contributed by atoms with Crippen LogP contribution in [0.1, 0.15) is 29.4 Å². The van der Waals surface area contributed by atoms with E-state index in [2.05, 4.69) is 29.6 Å². The minimum absolute atomic E-state index is 0.0364. The van der Waals surface area contributed by atoms with E-state index >= 15 is 0 Å². The third kappa shape index (κ3) is 3.11. The standard InChI is InChI=1S/C18H18ClNO/c19-12-11-15(21)20-18-16(13-7-3-1-4-8-13)17(18)14-9-5-2-6-10-14/h1-10,16-18H,11-12H2,(H,20,21)/t16-,17+,18+. The third-order valence-electron chi connectivity index (χ3n) is 4.04. The van der Waals surface area contributed by atoms with Crippen molar-refractivity contribution in [2.24, 2.45) is 0 Å². The van der Waals surface area contributed by atoms with Gasteiger partial charge < -0.3 is 5.32 Å². The molecule has 1 aliphatic rings. The topological polar surface area (TPSA) is 29.1 Å². The maximum Gasteiger partial charge on any atom is 0.221 e. The summed E-state index contributed by atoms with van der Waals surface area (Å²) >= 11 is 5.65. The van der Waals surface area contributed by atoms with Crippen molar-refractivity contribution in [3.05, 3.63) is 71.8 Å². The average Bonchev–Trinajstić information content (AvgIpc) is 3.23. The smallest absolute Gasteiger partial charge is 0.221 e. The zero-order chi connectivity index (χ0) is 14.7. The Bertz CT molecular complexity index is 554. The molecule has 2 aromatic carbocycles. The predicted octanol–water partition coefficient (Wildman–Crippen LogP) is 3.68. The lowest BCUT2D eigenvalue weighted by molar-refractivity contribution is -0.120. The number of carbonyl (C=O) groups is 1. The van der Waals surface area contributed by atoms with Crippen LogP contribution in [0.2, 0.25) is 0 Å². The van der Waals surface area contributed by atoms with Crippen LogP contribution in [-0.4, -0.2) is 17.8 Å². The van der Waals surface area contributed by atoms with Gasteiger partial charge in [-0.3, -0.25) is 4.79 Å². The minimum atomic E-state index is 0.0364. The average molecular weight is 300 g/mol. The number of halogens is 1. The molecule has 3 atom stereocenters. The van der Waals surface area contributed by atoms with Gasteiger partial charge in [-0.05, 0) is 11.1 Å². The molecular formula is C18H18ClNO. The van der Waals surface area contributed by atoms with E-state index in [-0.39, 0.29) is 11.9 Å². The summed E-state index contributed by atoms with van der Waals surface area (Å²) in [6.45, 7) is 0. The van der Waals surface area contributed by atoms with Crippen LogP contribution in [0.5, 0.6) is 0 Å². The molecule has 3 heteroatoms. The second-order valence-corrected chi connectivity index (χ2v) is 5.78. The van der Waals surface area contributed by atoms with Crippen LogP contribution in [0.4, 0.5) is 0 Å². The van der Waals surface area contributed by atoms with Gasteiger partial charge in [-0.2, -0.15) is 0 Å². The molecule has 0 unspecified atom stereocenters. The normalized spacial score (nSPS) is 23.6. The van der Waals surface area contributed by atoms with E-state index in [1.54, 1.807) is 0 Å². The molecule has 0 aromatic heterocycles. The Morgan fingerprint density at radius 1 is 0.905 bits per heavy atom. The van der Waals surface area contributed by atoms with Crippen LogP contribution in [0.25, 0.3) is 0 Å². The molecule has 0 radical (unpaired) electrons. The van der Waals surface area contributed by atoms with Crippen LogP contribution in [0, 0.1) is 0 Å². The molecule has 0 bridgehead atoms. The van der Waals surface area contributed by atoms with Crippen molar-refractivity contribution in [2.75, 3.05) is 5.88 Å². The molecule has 2 nitrogen and oxygen atoms in total. The largest absolute Gasteiger partial charge is 0.352 e. The number of benzene rings is 2. The number of hydrogen-bond acceptors (Lipinski definition) is 1. The van der Waals surface area contributed by atoms with Crippen molar-refractivity contribution in [1.29, 1.82) is 0 Å². The third-order valence-corrected chi connectivity index (χ3v) is 4.23. The van der Waals surface area contributed by atoms with Gasteiger partial charge in [0.25, 0.3) is 0 Å². The van der Waals surface area contributed by atoms with Crippen molar-refractivity contribution in [3.63, 3.8) is 0 Å². The Morgan fingerprint density at radius 3 is 1.81 bits per heavy atom. The summed E-state index contributed by atoms with van der Waals surface area (Å²) in [6.07, 6.45) is 0.376. The zero-order valence-corrected chi connectivity index (χ0v) is 12.5. The first-order valence-corrected chi connectivity index (χ1v) is 7.80. The summed E-state index contributed by atoms with van der Waals surface area (Å²) in [5.74, 6) is 1.11. The van der Waals surface area contributed by atoms with E-state index in [9.17, 15) is 4.79 Å². The van der Waals surface area contributed by atoms with E-state index < -0.39 is 0 Å². The lowest BCUT2D eigenvalue weighted by atomic mass is 10.0. The summed E-state index contributed by atoms with van der Waals surface area (Å²) in [5, 5.41) is 3.13. The fourth-order valence-electron chi connectivity index (χ4n) is 3.01. The maximum absolute atomic E-state index is 11.9. The first-order chi connectivity index (χ1) is 10.3. The van der Waals surface area contributed by atoms with Crippen LogP contribution >= 0.6 is 11.6 Å². The summed E-state index contributed by atoms with van der Waals surface area (Å²) in [7, 11) is 0. The highest BCUT2D eigenvalue weighted by Gasteiger charge is 2.52. The van der Waals surface area contributed by atoms with Crippen LogP contribution < -0.4 is 5.32 Å². The van der Waals surface area contributed by atoms with Crippen molar-refractivity contribution < 1.29 is 4.79 Å². The predicted molar refractivity (Wildman–Crippen MR) is 85.6 cm³/mol. The maximum atomic E-state index is 11.9. The van der Waals surface area contributed by atoms with E-state index in [4.69, 9.17) is 11.6 Å². The van der Waals surface area contributed by atoms with Gasteiger partial charge in [0.05, 0.1) is 0 Å². The minimum Gasteiger partial charge on any atom is -0.352 e. The highest BCUT2D eigenvalue weighted by Crippen LogP contribution is 2.54. The van der Waals surface area contributed by atoms with E-state index in [1.807, 2.05) is 36.4 Å². The molecule has 1 aliphatic carbocycles. The lowest BCUT2D eigenvalue weighted by Gasteiger charge is -2.03. The quantitative estimate of drug-likeness (QED) is 0.838. The van der Waals surface area contributed by atoms with E-state index in [1.165, 1.54) is 11.1 Å². The second kappa shape index (κ2) is 6.31. The number of amides is 1. The second-order valence-electron chi connectivity index (χ2n) is 5.41. The van der Waals surface area contributed by atoms with E-state index in [0.29, 0.717) is 24.1 Å². The molecule has 0 spiro atoms. The van der Waals surface area contributed by atoms with Gasteiger partial charge in [0, 0.05) is 30.2 Å². The fourth-order valence-corrected chi connectivity index (χ4v) is 3.19. The first kappa shape index (κ1) is 14.2. The number of alkyl halides is 1. The molecule has 1 saturated carbocycles. The van der Waals surface area contributed by atoms with Crippen molar-refractivity contribution in [2.45, 2.75) is 24.3 Å². The highest BCUT2D eigenvalue weighted by atomic mass is 35.5. The van der Waals surface area contributed by atoms with E-state index in [0.717, 1.165) is 0 Å². The summed E-state index contributed by atoms with van der Waals surface area (Å²) < 4.78 is 0. The SMILES string of the molecule is O=C(CCCl)N[C@@H]1[C@@H](c2ccccc2)[C@H]1c1ccccc1. The van der Waals surface area contributed by atoms with Crippen molar-refractivity contribution >= 4 is 17.5 Å². The number of carbonyl (C=O) groups excluding carboxylic acids is 1. The zero-order valence-electron chi connectivity index (χ0n) is 11.7. The fraction of sp³-hybridized carbons (Fsp3) is 0.278. The Balaban J connectivity index is 1.81.